The molecule has 1 heterocycles. The van der Waals surface area contributed by atoms with Crippen molar-refractivity contribution in [3.8, 4) is 0 Å². The number of hydrogen-bond acceptors (Lipinski definition) is 2. The molecule has 2 fully saturated rings. The van der Waals surface area contributed by atoms with E-state index in [0.717, 1.165) is 19.3 Å². The van der Waals surface area contributed by atoms with Gasteiger partial charge in [0.25, 0.3) is 0 Å². The second-order valence-electron chi connectivity index (χ2n) is 6.25. The molecule has 2 N–H and O–H groups in total. The quantitative estimate of drug-likeness (QED) is 0.805. The maximum Gasteiger partial charge on any atom is 0.326 e. The van der Waals surface area contributed by atoms with E-state index < -0.39 is 12.0 Å². The van der Waals surface area contributed by atoms with Crippen molar-refractivity contribution in [2.45, 2.75) is 58.0 Å². The van der Waals surface area contributed by atoms with Gasteiger partial charge >= 0.3 is 12.0 Å². The molecular formula is C14H24N2O3. The van der Waals surface area contributed by atoms with Crippen LogP contribution < -0.4 is 5.32 Å². The molecule has 1 saturated heterocycles. The third-order valence-corrected chi connectivity index (χ3v) is 4.30. The Labute approximate surface area is 114 Å². The monoisotopic (exact) mass is 268 g/mol. The highest BCUT2D eigenvalue weighted by molar-refractivity contribution is 5.83. The third kappa shape index (κ3) is 3.39. The normalized spacial score (nSPS) is 35.2. The van der Waals surface area contributed by atoms with Crippen LogP contribution in [0, 0.1) is 11.8 Å². The molecule has 2 rings (SSSR count). The Morgan fingerprint density at radius 3 is 2.37 bits per heavy atom. The van der Waals surface area contributed by atoms with Crippen molar-refractivity contribution in [3.05, 3.63) is 0 Å². The van der Waals surface area contributed by atoms with Crippen LogP contribution in [0.1, 0.15) is 46.0 Å². The second kappa shape index (κ2) is 5.80. The fraction of sp³-hybridized carbons (Fsp3) is 0.857. The molecule has 5 nitrogen and oxygen atoms in total. The van der Waals surface area contributed by atoms with Crippen LogP contribution in [0.2, 0.25) is 0 Å². The number of carbonyl (C=O) groups is 2. The van der Waals surface area contributed by atoms with E-state index in [0.29, 0.717) is 24.8 Å². The summed E-state index contributed by atoms with van der Waals surface area (Å²) in [6.07, 6.45) is 4.57. The third-order valence-electron chi connectivity index (χ3n) is 4.30. The molecule has 0 spiro atoms. The molecule has 0 aromatic carbocycles. The average molecular weight is 268 g/mol. The Bertz CT molecular complexity index is 349. The zero-order chi connectivity index (χ0) is 14.0. The molecule has 108 valence electrons. The van der Waals surface area contributed by atoms with E-state index in [1.165, 1.54) is 11.3 Å². The summed E-state index contributed by atoms with van der Waals surface area (Å²) < 4.78 is 0. The van der Waals surface area contributed by atoms with Crippen molar-refractivity contribution >= 4 is 12.0 Å². The number of likely N-dealkylation sites (tertiary alicyclic amines) is 1. The number of hydrogen-bond donors (Lipinski definition) is 2. The van der Waals surface area contributed by atoms with Crippen molar-refractivity contribution in [2.24, 2.45) is 11.8 Å². The fourth-order valence-electron chi connectivity index (χ4n) is 3.59. The summed E-state index contributed by atoms with van der Waals surface area (Å²) in [5.41, 5.74) is 0. The highest BCUT2D eigenvalue weighted by Gasteiger charge is 2.35. The predicted molar refractivity (Wildman–Crippen MR) is 71.9 cm³/mol. The van der Waals surface area contributed by atoms with Gasteiger partial charge in [-0.2, -0.15) is 0 Å². The van der Waals surface area contributed by atoms with E-state index in [9.17, 15) is 9.59 Å². The molecule has 19 heavy (non-hydrogen) atoms. The number of carboxylic acid groups (broad SMARTS) is 1. The van der Waals surface area contributed by atoms with Crippen molar-refractivity contribution in [2.75, 3.05) is 6.54 Å². The van der Waals surface area contributed by atoms with Crippen molar-refractivity contribution in [1.82, 2.24) is 10.2 Å². The lowest BCUT2D eigenvalue weighted by Gasteiger charge is -2.33. The van der Waals surface area contributed by atoms with E-state index in [-0.39, 0.29) is 12.1 Å². The minimum Gasteiger partial charge on any atom is -0.480 e. The smallest absolute Gasteiger partial charge is 0.326 e. The molecule has 5 heteroatoms. The summed E-state index contributed by atoms with van der Waals surface area (Å²) >= 11 is 0. The number of nitrogens with one attached hydrogen (secondary N) is 1. The highest BCUT2D eigenvalue weighted by Crippen LogP contribution is 2.29. The minimum atomic E-state index is -0.891. The Morgan fingerprint density at radius 2 is 1.79 bits per heavy atom. The van der Waals surface area contributed by atoms with Gasteiger partial charge in [-0.25, -0.2) is 9.59 Å². The number of urea groups is 1. The van der Waals surface area contributed by atoms with Crippen LogP contribution in [-0.2, 0) is 4.79 Å². The largest absolute Gasteiger partial charge is 0.480 e. The van der Waals surface area contributed by atoms with E-state index in [2.05, 4.69) is 19.2 Å². The van der Waals surface area contributed by atoms with Crippen LogP contribution in [0.15, 0.2) is 0 Å². The first-order chi connectivity index (χ1) is 8.97. The highest BCUT2D eigenvalue weighted by atomic mass is 16.4. The Hall–Kier alpha value is -1.26. The molecule has 2 amide bonds. The summed E-state index contributed by atoms with van der Waals surface area (Å²) in [7, 11) is 0. The average Bonchev–Trinajstić information content (AvgIpc) is 2.75. The van der Waals surface area contributed by atoms with Crippen LogP contribution in [0.5, 0.6) is 0 Å². The van der Waals surface area contributed by atoms with Gasteiger partial charge in [-0.15, -0.1) is 0 Å². The van der Waals surface area contributed by atoms with Crippen molar-refractivity contribution in [1.29, 1.82) is 0 Å². The molecular weight excluding hydrogens is 244 g/mol. The van der Waals surface area contributed by atoms with E-state index in [1.54, 1.807) is 0 Å². The van der Waals surface area contributed by atoms with E-state index in [1.807, 2.05) is 0 Å². The van der Waals surface area contributed by atoms with Crippen molar-refractivity contribution in [3.63, 3.8) is 0 Å². The van der Waals surface area contributed by atoms with Gasteiger partial charge in [-0.3, -0.25) is 0 Å². The van der Waals surface area contributed by atoms with Gasteiger partial charge in [-0.1, -0.05) is 13.8 Å². The summed E-state index contributed by atoms with van der Waals surface area (Å²) in [5.74, 6) is 0.365. The molecule has 0 aromatic heterocycles. The summed E-state index contributed by atoms with van der Waals surface area (Å²) in [5, 5.41) is 12.1. The van der Waals surface area contributed by atoms with Crippen LogP contribution in [-0.4, -0.2) is 40.6 Å². The minimum absolute atomic E-state index is 0.196. The molecule has 1 saturated carbocycles. The van der Waals surface area contributed by atoms with Gasteiger partial charge in [0.15, 0.2) is 0 Å². The number of aliphatic carboxylic acids is 1. The van der Waals surface area contributed by atoms with Gasteiger partial charge in [0.1, 0.15) is 6.04 Å². The van der Waals surface area contributed by atoms with Crippen LogP contribution in [0.25, 0.3) is 0 Å². The number of nitrogens with zero attached hydrogens (tertiary/aromatic N) is 1. The first kappa shape index (κ1) is 14.2. The predicted octanol–water partition coefficient (Wildman–Crippen LogP) is 2.07. The number of carboxylic acids is 1. The first-order valence-electron chi connectivity index (χ1n) is 7.27. The Kier molecular flexibility index (Phi) is 4.32. The topological polar surface area (TPSA) is 69.6 Å². The molecule has 1 aliphatic heterocycles. The second-order valence-corrected chi connectivity index (χ2v) is 6.25. The van der Waals surface area contributed by atoms with Gasteiger partial charge < -0.3 is 15.3 Å². The molecule has 0 bridgehead atoms. The molecule has 2 unspecified atom stereocenters. The Morgan fingerprint density at radius 1 is 1.16 bits per heavy atom. The maximum absolute atomic E-state index is 12.2. The number of rotatable bonds is 2. The number of amides is 2. The van der Waals surface area contributed by atoms with Gasteiger partial charge in [0.2, 0.25) is 0 Å². The zero-order valence-corrected chi connectivity index (χ0v) is 11.8. The van der Waals surface area contributed by atoms with Crippen LogP contribution in [0.4, 0.5) is 4.79 Å². The van der Waals surface area contributed by atoms with Crippen molar-refractivity contribution < 1.29 is 14.7 Å². The summed E-state index contributed by atoms with van der Waals surface area (Å²) in [4.78, 5) is 24.8. The maximum atomic E-state index is 12.2. The molecule has 0 radical (unpaired) electrons. The van der Waals surface area contributed by atoms with Crippen LogP contribution in [0.3, 0.4) is 0 Å². The molecule has 2 aliphatic rings. The molecule has 1 aliphatic carbocycles. The summed E-state index contributed by atoms with van der Waals surface area (Å²) in [6, 6.07) is -0.643. The first-order valence-corrected chi connectivity index (χ1v) is 7.27. The zero-order valence-electron chi connectivity index (χ0n) is 11.8. The van der Waals surface area contributed by atoms with E-state index in [4.69, 9.17) is 5.11 Å². The lowest BCUT2D eigenvalue weighted by Crippen LogP contribution is -2.50. The fourth-order valence-corrected chi connectivity index (χ4v) is 3.59. The van der Waals surface area contributed by atoms with Gasteiger partial charge in [0, 0.05) is 12.6 Å². The van der Waals surface area contributed by atoms with Gasteiger partial charge in [0.05, 0.1) is 0 Å². The Balaban J connectivity index is 1.91. The lowest BCUT2D eigenvalue weighted by molar-refractivity contribution is -0.141. The number of carbonyl (C=O) groups excluding carboxylic acids is 1. The molecule has 3 atom stereocenters. The molecule has 0 aromatic rings. The SMILES string of the molecule is CC1CC(C)CC(NC(=O)N2CCC[C@@H]2C(=O)O)C1. The van der Waals surface area contributed by atoms with Crippen LogP contribution >= 0.6 is 0 Å². The van der Waals surface area contributed by atoms with E-state index >= 15 is 0 Å². The van der Waals surface area contributed by atoms with Gasteiger partial charge in [-0.05, 0) is 43.9 Å². The standard InChI is InChI=1S/C14H24N2O3/c1-9-6-10(2)8-11(7-9)15-14(19)16-5-3-4-12(16)13(17)18/h9-12H,3-8H2,1-2H3,(H,15,19)(H,17,18)/t9?,10?,11?,12-/m1/s1. The lowest BCUT2D eigenvalue weighted by atomic mass is 9.80. The summed E-state index contributed by atoms with van der Waals surface area (Å²) in [6.45, 7) is 4.98.